The molecule has 0 saturated carbocycles. The molecule has 0 unspecified atom stereocenters. The monoisotopic (exact) mass is 401 g/mol. The Morgan fingerprint density at radius 1 is 0.375 bits per heavy atom. The van der Waals surface area contributed by atoms with Crippen LogP contribution in [0.1, 0.15) is 0 Å². The summed E-state index contributed by atoms with van der Waals surface area (Å²) in [6.45, 7) is 0. The van der Waals surface area contributed by atoms with Crippen molar-refractivity contribution in [3.05, 3.63) is 0 Å². The van der Waals surface area contributed by atoms with Crippen LogP contribution in [0.4, 0.5) is 0 Å². The van der Waals surface area contributed by atoms with Gasteiger partial charge in [-0.3, -0.25) is 0 Å². The first-order valence-electron chi connectivity index (χ1n) is 5.47. The van der Waals surface area contributed by atoms with E-state index in [0.29, 0.717) is 0 Å². The van der Waals surface area contributed by atoms with E-state index in [9.17, 15) is 0 Å². The minimum atomic E-state index is -3.68. The van der Waals surface area contributed by atoms with E-state index in [2.05, 4.69) is 87.0 Å². The van der Waals surface area contributed by atoms with Crippen molar-refractivity contribution in [1.29, 1.82) is 0 Å². The van der Waals surface area contributed by atoms with Gasteiger partial charge in [-0.15, -0.1) is 0 Å². The first-order chi connectivity index (χ1) is 7.06. The van der Waals surface area contributed by atoms with Crippen LogP contribution in [0, 0.1) is 0 Å². The maximum absolute atomic E-state index is 3.68. The van der Waals surface area contributed by atoms with Gasteiger partial charge in [0.1, 0.15) is 0 Å². The third kappa shape index (κ3) is 1.62. The number of nitrogens with zero attached hydrogens (tertiary/aromatic N) is 5. The average Bonchev–Trinajstić information content (AvgIpc) is 2.00. The van der Waals surface area contributed by atoms with Gasteiger partial charge in [-0.05, 0) is 0 Å². The van der Waals surface area contributed by atoms with Gasteiger partial charge in [0.2, 0.25) is 0 Å². The SMILES string of the molecule is C[N](C)[Ta]([N](C)C)([N](C)C)([N](C)C)[N](C)C. The predicted molar refractivity (Wildman–Crippen MR) is 68.4 cm³/mol. The Bertz CT molecular complexity index is 173. The van der Waals surface area contributed by atoms with E-state index in [1.165, 1.54) is 0 Å². The van der Waals surface area contributed by atoms with Crippen LogP contribution in [0.2, 0.25) is 0 Å². The molecule has 0 aliphatic carbocycles. The summed E-state index contributed by atoms with van der Waals surface area (Å²) in [6, 6.07) is 0. The Balaban J connectivity index is 6.16. The molecule has 0 aromatic rings. The molecule has 0 N–H and O–H groups in total. The molecule has 6 heteroatoms. The van der Waals surface area contributed by atoms with E-state index >= 15 is 0 Å². The first kappa shape index (κ1) is 16.5. The molecule has 5 nitrogen and oxygen atoms in total. The van der Waals surface area contributed by atoms with Crippen LogP contribution in [0.5, 0.6) is 0 Å². The second kappa shape index (κ2) is 5.04. The van der Waals surface area contributed by atoms with Crippen LogP contribution in [0.15, 0.2) is 0 Å². The van der Waals surface area contributed by atoms with Gasteiger partial charge in [-0.1, -0.05) is 0 Å². The van der Waals surface area contributed by atoms with E-state index in [1.807, 2.05) is 0 Å². The predicted octanol–water partition coefficient (Wildman–Crippen LogP) is 0.0590. The molecule has 0 bridgehead atoms. The van der Waals surface area contributed by atoms with Crippen molar-refractivity contribution in [2.45, 2.75) is 0 Å². The Labute approximate surface area is 104 Å². The number of hydrogen-bond acceptors (Lipinski definition) is 5. The summed E-state index contributed by atoms with van der Waals surface area (Å²) in [4.78, 5) is 0. The Morgan fingerprint density at radius 2 is 0.500 bits per heavy atom. The zero-order valence-electron chi connectivity index (χ0n) is 12.7. The molecule has 100 valence electrons. The summed E-state index contributed by atoms with van der Waals surface area (Å²) >= 11 is -3.68. The fourth-order valence-corrected chi connectivity index (χ4v) is 29.3. The molecule has 0 amide bonds. The van der Waals surface area contributed by atoms with Crippen LogP contribution in [-0.4, -0.2) is 87.0 Å². The molecule has 0 spiro atoms. The second-order valence-corrected chi connectivity index (χ2v) is 25.9. The third-order valence-electron chi connectivity index (χ3n) is 3.58. The van der Waals surface area contributed by atoms with Crippen LogP contribution in [0.3, 0.4) is 0 Å². The van der Waals surface area contributed by atoms with Crippen LogP contribution >= 0.6 is 0 Å². The normalized spacial score (nSPS) is 16.6. The summed E-state index contributed by atoms with van der Waals surface area (Å²) in [7, 11) is 21.9. The molecular formula is C10H30N5Ta. The van der Waals surface area contributed by atoms with Gasteiger partial charge in [-0.2, -0.15) is 0 Å². The van der Waals surface area contributed by atoms with Crippen LogP contribution < -0.4 is 0 Å². The Morgan fingerprint density at radius 3 is 0.500 bits per heavy atom. The number of hydrogen-bond donors (Lipinski definition) is 0. The quantitative estimate of drug-likeness (QED) is 0.646. The average molecular weight is 401 g/mol. The molecule has 0 heterocycles. The summed E-state index contributed by atoms with van der Waals surface area (Å²) in [5.74, 6) is 0. The van der Waals surface area contributed by atoms with Gasteiger partial charge in [0.15, 0.2) is 0 Å². The van der Waals surface area contributed by atoms with E-state index in [-0.39, 0.29) is 0 Å². The molecule has 0 radical (unpaired) electrons. The first-order valence-corrected chi connectivity index (χ1v) is 12.7. The summed E-state index contributed by atoms with van der Waals surface area (Å²) in [6.07, 6.45) is 0. The fraction of sp³-hybridized carbons (Fsp3) is 1.00. The van der Waals surface area contributed by atoms with Crippen molar-refractivity contribution in [3.63, 3.8) is 0 Å². The van der Waals surface area contributed by atoms with Crippen molar-refractivity contribution >= 4 is 0 Å². The summed E-state index contributed by atoms with van der Waals surface area (Å²) in [5, 5.41) is 0. The third-order valence-corrected chi connectivity index (χ3v) is 29.3. The molecule has 0 aliphatic heterocycles. The van der Waals surface area contributed by atoms with Gasteiger partial charge in [0.25, 0.3) is 0 Å². The zero-order valence-corrected chi connectivity index (χ0v) is 15.9. The summed E-state index contributed by atoms with van der Waals surface area (Å²) < 4.78 is 12.1. The second-order valence-electron chi connectivity index (χ2n) is 5.13. The number of rotatable bonds is 5. The van der Waals surface area contributed by atoms with Crippen molar-refractivity contribution in [1.82, 2.24) is 16.5 Å². The van der Waals surface area contributed by atoms with E-state index < -0.39 is 17.1 Å². The summed E-state index contributed by atoms with van der Waals surface area (Å²) in [5.41, 5.74) is 0. The minimum absolute atomic E-state index is 2.19. The van der Waals surface area contributed by atoms with E-state index in [4.69, 9.17) is 0 Å². The molecule has 0 aromatic heterocycles. The standard InChI is InChI=1S/5C2H6N.Ta/c5*1-3-2;/h5*1-2H3;/q5*-1;+5. The topological polar surface area (TPSA) is 16.2 Å². The van der Waals surface area contributed by atoms with Crippen molar-refractivity contribution in [2.75, 3.05) is 70.5 Å². The zero-order chi connectivity index (χ0) is 13.3. The molecule has 0 atom stereocenters. The van der Waals surface area contributed by atoms with E-state index in [0.717, 1.165) is 0 Å². The fourth-order valence-electron chi connectivity index (χ4n) is 3.58. The van der Waals surface area contributed by atoms with Gasteiger partial charge < -0.3 is 0 Å². The molecule has 0 aliphatic rings. The van der Waals surface area contributed by atoms with Gasteiger partial charge in [0, 0.05) is 0 Å². The molecule has 0 aromatic carbocycles. The molecular weight excluding hydrogens is 371 g/mol. The Kier molecular flexibility index (Phi) is 5.21. The molecule has 0 fully saturated rings. The van der Waals surface area contributed by atoms with Gasteiger partial charge in [-0.25, -0.2) is 0 Å². The maximum atomic E-state index is 2.42. The molecule has 16 heavy (non-hydrogen) atoms. The van der Waals surface area contributed by atoms with Crippen molar-refractivity contribution in [2.24, 2.45) is 0 Å². The van der Waals surface area contributed by atoms with Gasteiger partial charge in [0.05, 0.1) is 0 Å². The van der Waals surface area contributed by atoms with Crippen LogP contribution in [-0.2, 0) is 17.1 Å². The van der Waals surface area contributed by atoms with E-state index in [1.54, 1.807) is 0 Å². The van der Waals surface area contributed by atoms with Gasteiger partial charge >= 0.3 is 104 Å². The molecule has 0 rings (SSSR count). The van der Waals surface area contributed by atoms with Crippen molar-refractivity contribution < 1.29 is 17.1 Å². The molecule has 0 saturated heterocycles. The van der Waals surface area contributed by atoms with Crippen molar-refractivity contribution in [3.8, 4) is 0 Å². The van der Waals surface area contributed by atoms with Crippen LogP contribution in [0.25, 0.3) is 0 Å². The Hall–Kier alpha value is 0.540.